The topological polar surface area (TPSA) is 15.3 Å². The molecule has 17 heavy (non-hydrogen) atoms. The first kappa shape index (κ1) is 11.7. The molecule has 0 atom stereocenters. The van der Waals surface area contributed by atoms with Gasteiger partial charge < -0.3 is 0 Å². The van der Waals surface area contributed by atoms with Gasteiger partial charge in [0.2, 0.25) is 0 Å². The van der Waals surface area contributed by atoms with Crippen LogP contribution >= 0.6 is 0 Å². The van der Waals surface area contributed by atoms with Gasteiger partial charge in [-0.15, -0.1) is 0 Å². The number of hydrazine groups is 1. The summed E-state index contributed by atoms with van der Waals surface area (Å²) in [5.41, 5.74) is 8.13. The lowest BCUT2D eigenvalue weighted by atomic mass is 10.1. The lowest BCUT2D eigenvalue weighted by Crippen LogP contribution is -2.31. The fourth-order valence-corrected chi connectivity index (χ4v) is 2.00. The largest absolute Gasteiger partial charge is 0.277 e. The van der Waals surface area contributed by atoms with E-state index in [4.69, 9.17) is 0 Å². The summed E-state index contributed by atoms with van der Waals surface area (Å²) in [4.78, 5) is 0. The molecule has 0 bridgehead atoms. The van der Waals surface area contributed by atoms with E-state index in [9.17, 15) is 0 Å². The van der Waals surface area contributed by atoms with E-state index in [1.807, 2.05) is 7.05 Å². The maximum Gasteiger partial charge on any atom is 0.0606 e. The average Bonchev–Trinajstić information content (AvgIpc) is 2.34. The highest BCUT2D eigenvalue weighted by Crippen LogP contribution is 2.28. The first-order valence-electron chi connectivity index (χ1n) is 5.83. The molecule has 0 saturated heterocycles. The number of aryl methyl sites for hydroxylation is 2. The number of hydrogen-bond acceptors (Lipinski definition) is 2. The van der Waals surface area contributed by atoms with Crippen LogP contribution in [0.25, 0.3) is 0 Å². The summed E-state index contributed by atoms with van der Waals surface area (Å²) in [7, 11) is 1.94. The van der Waals surface area contributed by atoms with Crippen LogP contribution in [-0.2, 0) is 0 Å². The lowest BCUT2D eigenvalue weighted by Gasteiger charge is -2.26. The van der Waals surface area contributed by atoms with Crippen molar-refractivity contribution in [1.29, 1.82) is 0 Å². The second-order valence-electron chi connectivity index (χ2n) is 4.13. The summed E-state index contributed by atoms with van der Waals surface area (Å²) in [5, 5.41) is 2.12. The summed E-state index contributed by atoms with van der Waals surface area (Å²) in [5.74, 6) is 0. The first-order valence-corrected chi connectivity index (χ1v) is 5.83. The van der Waals surface area contributed by atoms with Gasteiger partial charge in [-0.2, -0.15) is 0 Å². The summed E-state index contributed by atoms with van der Waals surface area (Å²) >= 11 is 0. The summed E-state index contributed by atoms with van der Waals surface area (Å²) in [6.45, 7) is 4.25. The van der Waals surface area contributed by atoms with Crippen molar-refractivity contribution in [3.63, 3.8) is 0 Å². The van der Waals surface area contributed by atoms with Crippen LogP contribution in [0.15, 0.2) is 48.5 Å². The van der Waals surface area contributed by atoms with Gasteiger partial charge >= 0.3 is 0 Å². The second-order valence-corrected chi connectivity index (χ2v) is 4.13. The Morgan fingerprint density at radius 2 is 1.18 bits per heavy atom. The Hall–Kier alpha value is -1.80. The van der Waals surface area contributed by atoms with Gasteiger partial charge in [-0.25, -0.2) is 5.43 Å². The molecule has 0 spiro atoms. The van der Waals surface area contributed by atoms with E-state index in [1.54, 1.807) is 0 Å². The van der Waals surface area contributed by atoms with Gasteiger partial charge in [-0.3, -0.25) is 5.01 Å². The Balaban J connectivity index is 2.48. The molecule has 0 saturated carbocycles. The van der Waals surface area contributed by atoms with Crippen LogP contribution in [0.3, 0.4) is 0 Å². The molecule has 2 rings (SSSR count). The number of para-hydroxylation sites is 2. The van der Waals surface area contributed by atoms with Crippen molar-refractivity contribution in [1.82, 2.24) is 5.43 Å². The number of rotatable bonds is 3. The van der Waals surface area contributed by atoms with Gasteiger partial charge in [0.15, 0.2) is 0 Å². The number of nitrogens with zero attached hydrogens (tertiary/aromatic N) is 1. The number of benzene rings is 2. The quantitative estimate of drug-likeness (QED) is 0.805. The molecule has 0 amide bonds. The smallest absolute Gasteiger partial charge is 0.0606 e. The van der Waals surface area contributed by atoms with E-state index in [0.717, 1.165) is 0 Å². The molecular weight excluding hydrogens is 208 g/mol. The van der Waals surface area contributed by atoms with Crippen molar-refractivity contribution in [2.75, 3.05) is 12.1 Å². The van der Waals surface area contributed by atoms with Crippen molar-refractivity contribution >= 4 is 11.4 Å². The molecule has 0 aliphatic carbocycles. The molecule has 2 heteroatoms. The van der Waals surface area contributed by atoms with Crippen LogP contribution in [0.5, 0.6) is 0 Å². The Morgan fingerprint density at radius 3 is 1.53 bits per heavy atom. The van der Waals surface area contributed by atoms with Crippen LogP contribution in [0, 0.1) is 13.8 Å². The van der Waals surface area contributed by atoms with Crippen molar-refractivity contribution in [3.8, 4) is 0 Å². The number of anilines is 2. The van der Waals surface area contributed by atoms with Crippen LogP contribution < -0.4 is 10.4 Å². The van der Waals surface area contributed by atoms with Gasteiger partial charge in [-0.05, 0) is 37.1 Å². The maximum atomic E-state index is 3.25. The van der Waals surface area contributed by atoms with E-state index >= 15 is 0 Å². The van der Waals surface area contributed by atoms with Crippen molar-refractivity contribution < 1.29 is 0 Å². The van der Waals surface area contributed by atoms with E-state index in [1.165, 1.54) is 22.5 Å². The van der Waals surface area contributed by atoms with Crippen LogP contribution in [0.2, 0.25) is 0 Å². The zero-order valence-electron chi connectivity index (χ0n) is 10.6. The zero-order valence-corrected chi connectivity index (χ0v) is 10.6. The highest BCUT2D eigenvalue weighted by molar-refractivity contribution is 5.67. The van der Waals surface area contributed by atoms with E-state index in [2.05, 4.69) is 72.8 Å². The molecule has 0 fully saturated rings. The average molecular weight is 226 g/mol. The van der Waals surface area contributed by atoms with Crippen LogP contribution in [-0.4, -0.2) is 7.05 Å². The summed E-state index contributed by atoms with van der Waals surface area (Å²) in [6, 6.07) is 16.7. The fourth-order valence-electron chi connectivity index (χ4n) is 2.00. The van der Waals surface area contributed by atoms with Gasteiger partial charge in [0, 0.05) is 7.05 Å². The molecule has 2 aromatic carbocycles. The standard InChI is InChI=1S/C15H18N2/c1-12-8-4-6-10-14(12)17(16-3)15-11-7-5-9-13(15)2/h4-11,16H,1-3H3. The van der Waals surface area contributed by atoms with Gasteiger partial charge in [0.05, 0.1) is 11.4 Å². The van der Waals surface area contributed by atoms with E-state index in [-0.39, 0.29) is 0 Å². The van der Waals surface area contributed by atoms with Gasteiger partial charge in [0.25, 0.3) is 0 Å². The molecule has 0 aromatic heterocycles. The molecule has 88 valence electrons. The minimum absolute atomic E-state index is 1.18. The third-order valence-electron chi connectivity index (χ3n) is 2.94. The zero-order chi connectivity index (χ0) is 12.3. The Labute approximate surface area is 103 Å². The fraction of sp³-hybridized carbons (Fsp3) is 0.200. The van der Waals surface area contributed by atoms with Crippen molar-refractivity contribution in [2.45, 2.75) is 13.8 Å². The number of nitrogens with one attached hydrogen (secondary N) is 1. The Bertz CT molecular complexity index is 460. The maximum absolute atomic E-state index is 3.25. The molecule has 0 radical (unpaired) electrons. The molecule has 2 aromatic rings. The summed E-state index contributed by atoms with van der Waals surface area (Å²) in [6.07, 6.45) is 0. The molecule has 0 unspecified atom stereocenters. The van der Waals surface area contributed by atoms with Gasteiger partial charge in [0.1, 0.15) is 0 Å². The Kier molecular flexibility index (Phi) is 3.45. The molecular formula is C15H18N2. The van der Waals surface area contributed by atoms with E-state index in [0.29, 0.717) is 0 Å². The SMILES string of the molecule is CNN(c1ccccc1C)c1ccccc1C. The molecule has 1 N–H and O–H groups in total. The van der Waals surface area contributed by atoms with Crippen LogP contribution in [0.1, 0.15) is 11.1 Å². The third-order valence-corrected chi connectivity index (χ3v) is 2.94. The predicted molar refractivity (Wildman–Crippen MR) is 73.6 cm³/mol. The molecule has 2 nitrogen and oxygen atoms in total. The van der Waals surface area contributed by atoms with E-state index < -0.39 is 0 Å². The van der Waals surface area contributed by atoms with Crippen molar-refractivity contribution in [3.05, 3.63) is 59.7 Å². The molecule has 0 aliphatic heterocycles. The lowest BCUT2D eigenvalue weighted by molar-refractivity contribution is 0.828. The highest BCUT2D eigenvalue weighted by Gasteiger charge is 2.10. The molecule has 0 aliphatic rings. The first-order chi connectivity index (χ1) is 8.24. The Morgan fingerprint density at radius 1 is 0.765 bits per heavy atom. The third kappa shape index (κ3) is 2.32. The highest BCUT2D eigenvalue weighted by atomic mass is 15.5. The van der Waals surface area contributed by atoms with Crippen LogP contribution in [0.4, 0.5) is 11.4 Å². The monoisotopic (exact) mass is 226 g/mol. The normalized spacial score (nSPS) is 10.3. The minimum atomic E-state index is 1.18. The number of hydrogen-bond donors (Lipinski definition) is 1. The van der Waals surface area contributed by atoms with Gasteiger partial charge in [-0.1, -0.05) is 36.4 Å². The predicted octanol–water partition coefficient (Wildman–Crippen LogP) is 3.58. The second kappa shape index (κ2) is 5.02. The summed E-state index contributed by atoms with van der Waals surface area (Å²) < 4.78 is 0. The molecule has 0 heterocycles. The minimum Gasteiger partial charge on any atom is -0.277 e. The van der Waals surface area contributed by atoms with Crippen molar-refractivity contribution in [2.24, 2.45) is 0 Å².